The van der Waals surface area contributed by atoms with Crippen molar-refractivity contribution >= 4 is 17.6 Å². The van der Waals surface area contributed by atoms with E-state index in [1.165, 1.54) is 0 Å². The Kier molecular flexibility index (Phi) is 3.69. The summed E-state index contributed by atoms with van der Waals surface area (Å²) >= 11 is 5.90. The van der Waals surface area contributed by atoms with Crippen molar-refractivity contribution in [2.45, 2.75) is 32.4 Å². The Morgan fingerprint density at radius 2 is 2.24 bits per heavy atom. The third-order valence-corrected chi connectivity index (χ3v) is 3.31. The number of aryl methyl sites for hydroxylation is 1. The summed E-state index contributed by atoms with van der Waals surface area (Å²) in [6.45, 7) is 2.82. The number of benzene rings is 1. The molecule has 4 heteroatoms. The molecule has 1 aliphatic rings. The van der Waals surface area contributed by atoms with Gasteiger partial charge in [0.2, 0.25) is 0 Å². The van der Waals surface area contributed by atoms with Gasteiger partial charge in [0.15, 0.2) is 0 Å². The molecule has 3 nitrogen and oxygen atoms in total. The number of hydrogen-bond acceptors (Lipinski definition) is 2. The number of nitrogens with zero attached hydrogens (tertiary/aromatic N) is 1. The van der Waals surface area contributed by atoms with Gasteiger partial charge in [-0.2, -0.15) is 0 Å². The van der Waals surface area contributed by atoms with Crippen LogP contribution in [0.15, 0.2) is 18.2 Å². The average molecular weight is 254 g/mol. The molecule has 1 saturated carbocycles. The topological polar surface area (TPSA) is 40.5 Å². The fraction of sp³-hybridized carbons (Fsp3) is 0.462. The maximum Gasteiger partial charge on any atom is 0.317 e. The number of aliphatic carboxylic acids is 1. The first-order valence-corrected chi connectivity index (χ1v) is 6.15. The second-order valence-electron chi connectivity index (χ2n) is 4.60. The molecule has 92 valence electrons. The molecule has 0 saturated heterocycles. The van der Waals surface area contributed by atoms with Crippen molar-refractivity contribution < 1.29 is 9.90 Å². The third kappa shape index (κ3) is 3.45. The lowest BCUT2D eigenvalue weighted by Gasteiger charge is -2.20. The van der Waals surface area contributed by atoms with E-state index < -0.39 is 5.97 Å². The van der Waals surface area contributed by atoms with Crippen molar-refractivity contribution in [3.63, 3.8) is 0 Å². The SMILES string of the molecule is Cc1cc(Cl)ccc1CN(CC(=O)O)C1CC1. The van der Waals surface area contributed by atoms with E-state index in [-0.39, 0.29) is 6.54 Å². The van der Waals surface area contributed by atoms with Crippen LogP contribution in [-0.4, -0.2) is 28.6 Å². The molecule has 1 aromatic carbocycles. The minimum absolute atomic E-state index is 0.118. The van der Waals surface area contributed by atoms with Gasteiger partial charge in [-0.15, -0.1) is 0 Å². The van der Waals surface area contributed by atoms with E-state index in [4.69, 9.17) is 16.7 Å². The van der Waals surface area contributed by atoms with Gasteiger partial charge >= 0.3 is 5.97 Å². The van der Waals surface area contributed by atoms with Crippen molar-refractivity contribution in [3.05, 3.63) is 34.3 Å². The van der Waals surface area contributed by atoms with E-state index in [0.29, 0.717) is 12.6 Å². The van der Waals surface area contributed by atoms with Gasteiger partial charge in [-0.3, -0.25) is 9.69 Å². The molecule has 0 bridgehead atoms. The summed E-state index contributed by atoms with van der Waals surface area (Å²) in [6, 6.07) is 6.20. The summed E-state index contributed by atoms with van der Waals surface area (Å²) in [5.41, 5.74) is 2.27. The Balaban J connectivity index is 2.08. The zero-order valence-corrected chi connectivity index (χ0v) is 10.6. The fourth-order valence-electron chi connectivity index (χ4n) is 1.98. The summed E-state index contributed by atoms with van der Waals surface area (Å²) < 4.78 is 0. The van der Waals surface area contributed by atoms with E-state index in [9.17, 15) is 4.79 Å². The molecule has 17 heavy (non-hydrogen) atoms. The summed E-state index contributed by atoms with van der Waals surface area (Å²) in [4.78, 5) is 12.8. The lowest BCUT2D eigenvalue weighted by atomic mass is 10.1. The van der Waals surface area contributed by atoms with Crippen LogP contribution in [0.3, 0.4) is 0 Å². The largest absolute Gasteiger partial charge is 0.480 e. The minimum atomic E-state index is -0.761. The van der Waals surface area contributed by atoms with Crippen LogP contribution >= 0.6 is 11.6 Å². The Bertz CT molecular complexity index is 429. The highest BCUT2D eigenvalue weighted by Crippen LogP contribution is 2.29. The van der Waals surface area contributed by atoms with Crippen LogP contribution < -0.4 is 0 Å². The molecule has 0 spiro atoms. The molecule has 2 rings (SSSR count). The average Bonchev–Trinajstić information content (AvgIpc) is 3.03. The molecule has 0 unspecified atom stereocenters. The second kappa shape index (κ2) is 5.07. The summed E-state index contributed by atoms with van der Waals surface area (Å²) in [7, 11) is 0. The Morgan fingerprint density at radius 1 is 1.53 bits per heavy atom. The normalized spacial score (nSPS) is 15.2. The van der Waals surface area contributed by atoms with E-state index >= 15 is 0 Å². The smallest absolute Gasteiger partial charge is 0.317 e. The first-order valence-electron chi connectivity index (χ1n) is 5.77. The maximum atomic E-state index is 10.8. The van der Waals surface area contributed by atoms with Gasteiger partial charge in [-0.05, 0) is 43.0 Å². The lowest BCUT2D eigenvalue weighted by molar-refractivity contribution is -0.138. The van der Waals surface area contributed by atoms with Crippen LogP contribution in [0, 0.1) is 6.92 Å². The summed E-state index contributed by atoms with van der Waals surface area (Å²) in [6.07, 6.45) is 2.22. The van der Waals surface area contributed by atoms with Gasteiger partial charge in [0.25, 0.3) is 0 Å². The van der Waals surface area contributed by atoms with Crippen molar-refractivity contribution in [1.82, 2.24) is 4.90 Å². The molecule has 0 heterocycles. The van der Waals surface area contributed by atoms with Gasteiger partial charge in [0, 0.05) is 17.6 Å². The fourth-order valence-corrected chi connectivity index (χ4v) is 2.21. The molecular formula is C13H16ClNO2. The molecule has 0 amide bonds. The van der Waals surface area contributed by atoms with Crippen LogP contribution in [-0.2, 0) is 11.3 Å². The number of rotatable bonds is 5. The predicted octanol–water partition coefficient (Wildman–Crippen LogP) is 2.70. The number of hydrogen-bond donors (Lipinski definition) is 1. The standard InChI is InChI=1S/C13H16ClNO2/c1-9-6-11(14)3-2-10(9)7-15(8-13(16)17)12-4-5-12/h2-3,6,12H,4-5,7-8H2,1H3,(H,16,17). The van der Waals surface area contributed by atoms with E-state index in [2.05, 4.69) is 0 Å². The molecule has 0 atom stereocenters. The lowest BCUT2D eigenvalue weighted by Crippen LogP contribution is -2.31. The van der Waals surface area contributed by atoms with Crippen LogP contribution in [0.25, 0.3) is 0 Å². The van der Waals surface area contributed by atoms with Crippen molar-refractivity contribution in [2.24, 2.45) is 0 Å². The zero-order valence-electron chi connectivity index (χ0n) is 9.82. The summed E-state index contributed by atoms with van der Waals surface area (Å²) in [5, 5.41) is 9.61. The molecule has 0 aliphatic heterocycles. The van der Waals surface area contributed by atoms with Gasteiger partial charge in [0.05, 0.1) is 6.54 Å². The van der Waals surface area contributed by atoms with E-state index in [1.54, 1.807) is 0 Å². The molecule has 0 radical (unpaired) electrons. The van der Waals surface area contributed by atoms with Gasteiger partial charge in [-0.1, -0.05) is 17.7 Å². The highest BCUT2D eigenvalue weighted by Gasteiger charge is 2.30. The first-order chi connectivity index (χ1) is 8.06. The van der Waals surface area contributed by atoms with Gasteiger partial charge < -0.3 is 5.11 Å². The third-order valence-electron chi connectivity index (χ3n) is 3.08. The zero-order chi connectivity index (χ0) is 12.4. The highest BCUT2D eigenvalue weighted by molar-refractivity contribution is 6.30. The van der Waals surface area contributed by atoms with Crippen molar-refractivity contribution in [1.29, 1.82) is 0 Å². The predicted molar refractivity (Wildman–Crippen MR) is 67.3 cm³/mol. The van der Waals surface area contributed by atoms with Gasteiger partial charge in [0.1, 0.15) is 0 Å². The Labute approximate surface area is 106 Å². The van der Waals surface area contributed by atoms with Crippen LogP contribution in [0.2, 0.25) is 5.02 Å². The number of halogens is 1. The maximum absolute atomic E-state index is 10.8. The van der Waals surface area contributed by atoms with Gasteiger partial charge in [-0.25, -0.2) is 0 Å². The monoisotopic (exact) mass is 253 g/mol. The molecule has 1 aromatic rings. The van der Waals surface area contributed by atoms with Crippen LogP contribution in [0.4, 0.5) is 0 Å². The van der Waals surface area contributed by atoms with E-state index in [0.717, 1.165) is 29.0 Å². The van der Waals surface area contributed by atoms with Crippen molar-refractivity contribution in [2.75, 3.05) is 6.54 Å². The van der Waals surface area contributed by atoms with Crippen LogP contribution in [0.5, 0.6) is 0 Å². The van der Waals surface area contributed by atoms with E-state index in [1.807, 2.05) is 30.0 Å². The molecule has 1 N–H and O–H groups in total. The Morgan fingerprint density at radius 3 is 2.76 bits per heavy atom. The number of carboxylic acid groups (broad SMARTS) is 1. The quantitative estimate of drug-likeness (QED) is 0.877. The summed E-state index contributed by atoms with van der Waals surface area (Å²) in [5.74, 6) is -0.761. The number of carboxylic acids is 1. The molecule has 0 aromatic heterocycles. The van der Waals surface area contributed by atoms with Crippen LogP contribution in [0.1, 0.15) is 24.0 Å². The first kappa shape index (κ1) is 12.4. The minimum Gasteiger partial charge on any atom is -0.480 e. The molecular weight excluding hydrogens is 238 g/mol. The number of carbonyl (C=O) groups is 1. The molecule has 1 aliphatic carbocycles. The Hall–Kier alpha value is -1.06. The highest BCUT2D eigenvalue weighted by atomic mass is 35.5. The second-order valence-corrected chi connectivity index (χ2v) is 5.04. The van der Waals surface area contributed by atoms with Crippen molar-refractivity contribution in [3.8, 4) is 0 Å². The molecule has 1 fully saturated rings.